The predicted molar refractivity (Wildman–Crippen MR) is 111 cm³/mol. The first-order valence-electron chi connectivity index (χ1n) is 8.69. The van der Waals surface area contributed by atoms with Crippen molar-refractivity contribution in [1.29, 1.82) is 0 Å². The van der Waals surface area contributed by atoms with Gasteiger partial charge < -0.3 is 19.9 Å². The van der Waals surface area contributed by atoms with E-state index in [0.717, 1.165) is 0 Å². The summed E-state index contributed by atoms with van der Waals surface area (Å²) in [5.74, 6) is 0.135. The first-order chi connectivity index (χ1) is 12.3. The van der Waals surface area contributed by atoms with Crippen LogP contribution in [0.4, 0.5) is 0 Å². The number of esters is 1. The van der Waals surface area contributed by atoms with E-state index in [0.29, 0.717) is 37.4 Å². The molecular weight excluding hydrogens is 370 g/mol. The maximum atomic E-state index is 12.0. The highest BCUT2D eigenvalue weighted by molar-refractivity contribution is 8.76. The molecule has 0 fully saturated rings. The zero-order valence-corrected chi connectivity index (χ0v) is 18.0. The lowest BCUT2D eigenvalue weighted by atomic mass is 9.83. The molecule has 1 atom stereocenters. The van der Waals surface area contributed by atoms with Crippen LogP contribution in [0.3, 0.4) is 0 Å². The van der Waals surface area contributed by atoms with Gasteiger partial charge in [0, 0.05) is 11.8 Å². The van der Waals surface area contributed by atoms with E-state index in [1.165, 1.54) is 11.1 Å². The number of hydrogen-bond acceptors (Lipinski definition) is 7. The molecule has 0 spiro atoms. The Morgan fingerprint density at radius 3 is 2.50 bits per heavy atom. The average Bonchev–Trinajstić information content (AvgIpc) is 2.57. The maximum Gasteiger partial charge on any atom is 0.337 e. The van der Waals surface area contributed by atoms with E-state index in [4.69, 9.17) is 19.9 Å². The lowest BCUT2D eigenvalue weighted by Gasteiger charge is -2.26. The van der Waals surface area contributed by atoms with Crippen LogP contribution in [-0.2, 0) is 19.7 Å². The molecule has 1 aromatic carbocycles. The summed E-state index contributed by atoms with van der Waals surface area (Å²) in [6.45, 7) is 10.3. The smallest absolute Gasteiger partial charge is 0.337 e. The SMILES string of the molecule is CSSC(C)c1ccc(OC(=O)COCCOCCN)cc1C(C)(C)C. The zero-order chi connectivity index (χ0) is 19.6. The highest BCUT2D eigenvalue weighted by Gasteiger charge is 2.22. The minimum absolute atomic E-state index is 0.0399. The fraction of sp³-hybridized carbons (Fsp3) is 0.632. The molecule has 0 aromatic heterocycles. The van der Waals surface area contributed by atoms with Gasteiger partial charge >= 0.3 is 5.97 Å². The summed E-state index contributed by atoms with van der Waals surface area (Å²) >= 11 is 0. The van der Waals surface area contributed by atoms with Crippen LogP contribution in [0.2, 0.25) is 0 Å². The Hall–Kier alpha value is -0.730. The van der Waals surface area contributed by atoms with Gasteiger partial charge in [0.25, 0.3) is 0 Å². The number of hydrogen-bond donors (Lipinski definition) is 1. The maximum absolute atomic E-state index is 12.0. The summed E-state index contributed by atoms with van der Waals surface area (Å²) in [7, 11) is 3.58. The largest absolute Gasteiger partial charge is 0.425 e. The van der Waals surface area contributed by atoms with Crippen LogP contribution < -0.4 is 10.5 Å². The Kier molecular flexibility index (Phi) is 10.6. The summed E-state index contributed by atoms with van der Waals surface area (Å²) < 4.78 is 15.9. The van der Waals surface area contributed by atoms with Crippen molar-refractivity contribution in [2.75, 3.05) is 39.2 Å². The topological polar surface area (TPSA) is 70.8 Å². The lowest BCUT2D eigenvalue weighted by molar-refractivity contribution is -0.140. The number of carbonyl (C=O) groups is 1. The van der Waals surface area contributed by atoms with Gasteiger partial charge in [0.05, 0.1) is 19.8 Å². The summed E-state index contributed by atoms with van der Waals surface area (Å²) in [5, 5.41) is 0.362. The molecule has 0 aliphatic rings. The Balaban J connectivity index is 2.68. The quantitative estimate of drug-likeness (QED) is 0.260. The lowest BCUT2D eigenvalue weighted by Crippen LogP contribution is -2.19. The van der Waals surface area contributed by atoms with Crippen molar-refractivity contribution in [3.8, 4) is 5.75 Å². The molecule has 0 bridgehead atoms. The fourth-order valence-electron chi connectivity index (χ4n) is 2.42. The summed E-state index contributed by atoms with van der Waals surface area (Å²) in [6.07, 6.45) is 2.08. The van der Waals surface area contributed by atoms with Crippen LogP contribution in [0, 0.1) is 0 Å². The zero-order valence-electron chi connectivity index (χ0n) is 16.4. The third-order valence-electron chi connectivity index (χ3n) is 3.60. The van der Waals surface area contributed by atoms with Gasteiger partial charge in [-0.1, -0.05) is 48.4 Å². The molecule has 0 aliphatic carbocycles. The third kappa shape index (κ3) is 8.31. The monoisotopic (exact) mass is 401 g/mol. The number of rotatable bonds is 11. The van der Waals surface area contributed by atoms with Gasteiger partial charge in [0.2, 0.25) is 0 Å². The number of nitrogens with two attached hydrogens (primary N) is 1. The first kappa shape index (κ1) is 23.3. The second-order valence-corrected chi connectivity index (χ2v) is 9.64. The molecule has 26 heavy (non-hydrogen) atoms. The molecule has 0 amide bonds. The highest BCUT2D eigenvalue weighted by Crippen LogP contribution is 2.41. The fourth-order valence-corrected chi connectivity index (χ4v) is 4.19. The summed E-state index contributed by atoms with van der Waals surface area (Å²) in [6, 6.07) is 5.87. The standard InChI is InChI=1S/C19H31NO4S2/c1-14(26-25-5)16-7-6-15(12-17(16)19(2,3)4)24-18(21)13-23-11-10-22-9-8-20/h6-7,12,14H,8-11,13,20H2,1-5H3. The average molecular weight is 402 g/mol. The van der Waals surface area contributed by atoms with E-state index in [2.05, 4.69) is 40.0 Å². The number of benzene rings is 1. The van der Waals surface area contributed by atoms with E-state index >= 15 is 0 Å². The van der Waals surface area contributed by atoms with E-state index < -0.39 is 5.97 Å². The van der Waals surface area contributed by atoms with Gasteiger partial charge in [-0.05, 0) is 41.9 Å². The van der Waals surface area contributed by atoms with E-state index in [1.807, 2.05) is 22.9 Å². The third-order valence-corrected chi connectivity index (χ3v) is 5.78. The van der Waals surface area contributed by atoms with E-state index in [9.17, 15) is 4.79 Å². The van der Waals surface area contributed by atoms with E-state index in [-0.39, 0.29) is 12.0 Å². The van der Waals surface area contributed by atoms with Crippen LogP contribution in [0.15, 0.2) is 18.2 Å². The van der Waals surface area contributed by atoms with Crippen LogP contribution in [-0.4, -0.2) is 45.2 Å². The second-order valence-electron chi connectivity index (χ2n) is 6.83. The van der Waals surface area contributed by atoms with Crippen molar-refractivity contribution in [1.82, 2.24) is 0 Å². The molecule has 1 unspecified atom stereocenters. The molecule has 0 aliphatic heterocycles. The van der Waals surface area contributed by atoms with E-state index in [1.54, 1.807) is 10.8 Å². The van der Waals surface area contributed by atoms with Crippen molar-refractivity contribution >= 4 is 27.6 Å². The normalized spacial score (nSPS) is 12.8. The molecule has 0 saturated carbocycles. The molecule has 148 valence electrons. The molecule has 0 heterocycles. The van der Waals surface area contributed by atoms with Crippen molar-refractivity contribution < 1.29 is 19.0 Å². The van der Waals surface area contributed by atoms with Gasteiger partial charge in [-0.15, -0.1) is 0 Å². The Labute approximate surface area is 165 Å². The molecule has 5 nitrogen and oxygen atoms in total. The molecular formula is C19H31NO4S2. The van der Waals surface area contributed by atoms with Crippen molar-refractivity contribution in [2.45, 2.75) is 38.4 Å². The van der Waals surface area contributed by atoms with Crippen molar-refractivity contribution in [3.05, 3.63) is 29.3 Å². The molecule has 0 radical (unpaired) electrons. The summed E-state index contributed by atoms with van der Waals surface area (Å²) in [4.78, 5) is 12.0. The Morgan fingerprint density at radius 2 is 1.88 bits per heavy atom. The van der Waals surface area contributed by atoms with Gasteiger partial charge in [0.15, 0.2) is 0 Å². The minimum atomic E-state index is -0.414. The molecule has 1 rings (SSSR count). The molecule has 1 aromatic rings. The van der Waals surface area contributed by atoms with Crippen LogP contribution in [0.5, 0.6) is 5.75 Å². The Bertz CT molecular complexity index is 561. The number of ether oxygens (including phenoxy) is 3. The van der Waals surface area contributed by atoms with Crippen molar-refractivity contribution in [2.24, 2.45) is 5.73 Å². The number of carbonyl (C=O) groups excluding carboxylic acids is 1. The summed E-state index contributed by atoms with van der Waals surface area (Å²) in [5.41, 5.74) is 7.74. The van der Waals surface area contributed by atoms with Gasteiger partial charge in [-0.2, -0.15) is 0 Å². The van der Waals surface area contributed by atoms with Crippen LogP contribution >= 0.6 is 21.6 Å². The highest BCUT2D eigenvalue weighted by atomic mass is 33.1. The van der Waals surface area contributed by atoms with Gasteiger partial charge in [-0.3, -0.25) is 0 Å². The molecule has 2 N–H and O–H groups in total. The second kappa shape index (κ2) is 11.9. The van der Waals surface area contributed by atoms with Crippen LogP contribution in [0.25, 0.3) is 0 Å². The molecule has 7 heteroatoms. The Morgan fingerprint density at radius 1 is 1.19 bits per heavy atom. The van der Waals surface area contributed by atoms with Gasteiger partial charge in [-0.25, -0.2) is 4.79 Å². The predicted octanol–water partition coefficient (Wildman–Crippen LogP) is 3.95. The minimum Gasteiger partial charge on any atom is -0.425 e. The van der Waals surface area contributed by atoms with Gasteiger partial charge in [0.1, 0.15) is 12.4 Å². The van der Waals surface area contributed by atoms with Crippen molar-refractivity contribution in [3.63, 3.8) is 0 Å². The van der Waals surface area contributed by atoms with Crippen LogP contribution in [0.1, 0.15) is 44.1 Å². The molecule has 0 saturated heterocycles. The first-order valence-corrected chi connectivity index (χ1v) is 11.3.